The third kappa shape index (κ3) is 2.79. The molecule has 5 nitrogen and oxygen atoms in total. The highest BCUT2D eigenvalue weighted by molar-refractivity contribution is 5.64. The van der Waals surface area contributed by atoms with Crippen LogP contribution in [0, 0.1) is 0 Å². The molecule has 0 N–H and O–H groups in total. The largest absolute Gasteiger partial charge is 0.513 e. The highest BCUT2D eigenvalue weighted by atomic mass is 19.4. The van der Waals surface area contributed by atoms with Crippen molar-refractivity contribution in [2.75, 3.05) is 7.11 Å². The number of carbonyl (C=O) groups is 1. The molecule has 1 aromatic rings. The maximum absolute atomic E-state index is 12.3. The minimum atomic E-state index is -4.67. The quantitative estimate of drug-likeness (QED) is 0.676. The number of nitrogens with zero attached hydrogens (tertiary/aromatic N) is 2. The molecule has 0 bridgehead atoms. The molecule has 0 aliphatic carbocycles. The van der Waals surface area contributed by atoms with Crippen molar-refractivity contribution in [3.63, 3.8) is 0 Å². The molecule has 0 fully saturated rings. The Morgan fingerprint density at radius 1 is 1.33 bits per heavy atom. The van der Waals surface area contributed by atoms with Gasteiger partial charge < -0.3 is 9.47 Å². The van der Waals surface area contributed by atoms with Crippen LogP contribution < -0.4 is 4.74 Å². The third-order valence-electron chi connectivity index (χ3n) is 1.36. The number of aromatic nitrogens is 2. The van der Waals surface area contributed by atoms with Crippen molar-refractivity contribution in [1.82, 2.24) is 10.2 Å². The van der Waals surface area contributed by atoms with Gasteiger partial charge in [-0.1, -0.05) is 0 Å². The standard InChI is InChI=1S/C7H5F3N2O3/c1-14-6(13)15-5-3-12-11-2-4(5)7(8,9)10/h2-3H,1H3. The van der Waals surface area contributed by atoms with Crippen LogP contribution in [0.4, 0.5) is 18.0 Å². The Morgan fingerprint density at radius 2 is 1.93 bits per heavy atom. The van der Waals surface area contributed by atoms with Gasteiger partial charge in [0.05, 0.1) is 19.5 Å². The van der Waals surface area contributed by atoms with E-state index in [0.717, 1.165) is 7.11 Å². The first-order valence-electron chi connectivity index (χ1n) is 3.59. The minimum Gasteiger partial charge on any atom is -0.437 e. The first-order chi connectivity index (χ1) is 6.95. The summed E-state index contributed by atoms with van der Waals surface area (Å²) in [5.74, 6) is -0.746. The summed E-state index contributed by atoms with van der Waals surface area (Å²) < 4.78 is 45.2. The molecule has 0 radical (unpaired) electrons. The maximum atomic E-state index is 12.3. The van der Waals surface area contributed by atoms with Gasteiger partial charge in [-0.25, -0.2) is 4.79 Å². The van der Waals surface area contributed by atoms with Crippen molar-refractivity contribution < 1.29 is 27.4 Å². The third-order valence-corrected chi connectivity index (χ3v) is 1.36. The Balaban J connectivity index is 3.02. The molecular formula is C7H5F3N2O3. The molecule has 0 aromatic carbocycles. The van der Waals surface area contributed by atoms with Crippen molar-refractivity contribution in [1.29, 1.82) is 0 Å². The van der Waals surface area contributed by atoms with Crippen LogP contribution in [0.25, 0.3) is 0 Å². The van der Waals surface area contributed by atoms with Crippen LogP contribution in [0.1, 0.15) is 5.56 Å². The maximum Gasteiger partial charge on any atom is 0.513 e. The smallest absolute Gasteiger partial charge is 0.437 e. The van der Waals surface area contributed by atoms with Gasteiger partial charge in [0.1, 0.15) is 5.56 Å². The van der Waals surface area contributed by atoms with E-state index in [1.165, 1.54) is 0 Å². The Labute approximate surface area is 81.8 Å². The fourth-order valence-electron chi connectivity index (χ4n) is 0.736. The second-order valence-electron chi connectivity index (χ2n) is 2.32. The molecule has 0 atom stereocenters. The van der Waals surface area contributed by atoms with Gasteiger partial charge in [-0.2, -0.15) is 23.4 Å². The first kappa shape index (κ1) is 11.2. The molecule has 0 aliphatic heterocycles. The van der Waals surface area contributed by atoms with Gasteiger partial charge in [0.15, 0.2) is 5.75 Å². The Morgan fingerprint density at radius 3 is 2.47 bits per heavy atom. The molecule has 8 heteroatoms. The van der Waals surface area contributed by atoms with Gasteiger partial charge in [-0.15, -0.1) is 0 Å². The monoisotopic (exact) mass is 222 g/mol. The van der Waals surface area contributed by atoms with Crippen molar-refractivity contribution >= 4 is 6.16 Å². The van der Waals surface area contributed by atoms with Gasteiger partial charge in [-0.05, 0) is 0 Å². The average molecular weight is 222 g/mol. The predicted molar refractivity (Wildman–Crippen MR) is 40.1 cm³/mol. The van der Waals surface area contributed by atoms with Crippen molar-refractivity contribution in [2.45, 2.75) is 6.18 Å². The van der Waals surface area contributed by atoms with E-state index in [0.29, 0.717) is 12.4 Å². The van der Waals surface area contributed by atoms with E-state index in [1.54, 1.807) is 0 Å². The fourth-order valence-corrected chi connectivity index (χ4v) is 0.736. The second-order valence-corrected chi connectivity index (χ2v) is 2.32. The van der Waals surface area contributed by atoms with Crippen molar-refractivity contribution in [3.05, 3.63) is 18.0 Å². The van der Waals surface area contributed by atoms with E-state index < -0.39 is 23.6 Å². The summed E-state index contributed by atoms with van der Waals surface area (Å²) in [6, 6.07) is 0. The number of hydrogen-bond acceptors (Lipinski definition) is 5. The first-order valence-corrected chi connectivity index (χ1v) is 3.59. The van der Waals surface area contributed by atoms with Crippen LogP contribution in [-0.2, 0) is 10.9 Å². The van der Waals surface area contributed by atoms with Gasteiger partial charge in [0, 0.05) is 0 Å². The van der Waals surface area contributed by atoms with E-state index >= 15 is 0 Å². The number of methoxy groups -OCH3 is 1. The molecular weight excluding hydrogens is 217 g/mol. The SMILES string of the molecule is COC(=O)Oc1cnncc1C(F)(F)F. The van der Waals surface area contributed by atoms with Crippen LogP contribution >= 0.6 is 0 Å². The summed E-state index contributed by atoms with van der Waals surface area (Å²) in [5.41, 5.74) is -1.19. The lowest BCUT2D eigenvalue weighted by atomic mass is 10.3. The number of ether oxygens (including phenoxy) is 2. The molecule has 0 spiro atoms. The van der Waals surface area contributed by atoms with Crippen LogP contribution in [0.2, 0.25) is 0 Å². The molecule has 0 unspecified atom stereocenters. The van der Waals surface area contributed by atoms with Crippen LogP contribution in [0.5, 0.6) is 5.75 Å². The summed E-state index contributed by atoms with van der Waals surface area (Å²) in [6.45, 7) is 0. The van der Waals surface area contributed by atoms with E-state index in [1.807, 2.05) is 0 Å². The molecule has 1 rings (SSSR count). The number of rotatable bonds is 1. The zero-order chi connectivity index (χ0) is 11.5. The van der Waals surface area contributed by atoms with Gasteiger partial charge in [0.2, 0.25) is 0 Å². The lowest BCUT2D eigenvalue weighted by molar-refractivity contribution is -0.139. The number of halogens is 3. The average Bonchev–Trinajstić information content (AvgIpc) is 2.17. The lowest BCUT2D eigenvalue weighted by Crippen LogP contribution is -2.14. The van der Waals surface area contributed by atoms with E-state index in [4.69, 9.17) is 0 Å². The topological polar surface area (TPSA) is 61.3 Å². The highest BCUT2D eigenvalue weighted by Crippen LogP contribution is 2.34. The predicted octanol–water partition coefficient (Wildman–Crippen LogP) is 1.64. The van der Waals surface area contributed by atoms with E-state index in [9.17, 15) is 18.0 Å². The summed E-state index contributed by atoms with van der Waals surface area (Å²) in [6.07, 6.45) is -4.79. The van der Waals surface area contributed by atoms with Crippen LogP contribution in [-0.4, -0.2) is 23.5 Å². The molecule has 15 heavy (non-hydrogen) atoms. The van der Waals surface area contributed by atoms with Gasteiger partial charge in [-0.3, -0.25) is 0 Å². The number of carbonyl (C=O) groups excluding carboxylic acids is 1. The van der Waals surface area contributed by atoms with E-state index in [-0.39, 0.29) is 0 Å². The van der Waals surface area contributed by atoms with Gasteiger partial charge in [0.25, 0.3) is 0 Å². The lowest BCUT2D eigenvalue weighted by Gasteiger charge is -2.09. The zero-order valence-corrected chi connectivity index (χ0v) is 7.41. The molecule has 0 aliphatic rings. The Kier molecular flexibility index (Phi) is 3.08. The zero-order valence-electron chi connectivity index (χ0n) is 7.41. The molecule has 82 valence electrons. The fraction of sp³-hybridized carbons (Fsp3) is 0.286. The van der Waals surface area contributed by atoms with Crippen molar-refractivity contribution in [3.8, 4) is 5.75 Å². The summed E-state index contributed by atoms with van der Waals surface area (Å²) in [4.78, 5) is 10.6. The Hall–Kier alpha value is -1.86. The molecule has 1 aromatic heterocycles. The van der Waals surface area contributed by atoms with E-state index in [2.05, 4.69) is 19.7 Å². The molecule has 0 saturated carbocycles. The number of alkyl halides is 3. The molecule has 0 saturated heterocycles. The minimum absolute atomic E-state index is 0.457. The van der Waals surface area contributed by atoms with Crippen LogP contribution in [0.15, 0.2) is 12.4 Å². The summed E-state index contributed by atoms with van der Waals surface area (Å²) in [5, 5.41) is 6.21. The summed E-state index contributed by atoms with van der Waals surface area (Å²) >= 11 is 0. The Bertz CT molecular complexity index is 367. The summed E-state index contributed by atoms with van der Waals surface area (Å²) in [7, 11) is 0.976. The van der Waals surface area contributed by atoms with Crippen molar-refractivity contribution in [2.24, 2.45) is 0 Å². The number of hydrogen-bond donors (Lipinski definition) is 0. The second kappa shape index (κ2) is 4.11. The highest BCUT2D eigenvalue weighted by Gasteiger charge is 2.35. The van der Waals surface area contributed by atoms with Crippen LogP contribution in [0.3, 0.4) is 0 Å². The van der Waals surface area contributed by atoms with Gasteiger partial charge >= 0.3 is 12.3 Å². The molecule has 1 heterocycles. The normalized spacial score (nSPS) is 10.9. The molecule has 0 amide bonds.